The van der Waals surface area contributed by atoms with Gasteiger partial charge in [0.2, 0.25) is 0 Å². The van der Waals surface area contributed by atoms with E-state index in [4.69, 9.17) is 0 Å². The molecule has 2 aromatic carbocycles. The van der Waals surface area contributed by atoms with Crippen LogP contribution in [-0.2, 0) is 32.5 Å². The third-order valence-electron chi connectivity index (χ3n) is 6.56. The average Bonchev–Trinajstić information content (AvgIpc) is 3.31. The maximum absolute atomic E-state index is 14.0. The Morgan fingerprint density at radius 3 is 1.80 bits per heavy atom. The van der Waals surface area contributed by atoms with E-state index in [-0.39, 0.29) is 17.2 Å². The number of benzene rings is 2. The number of aromatic nitrogens is 1. The van der Waals surface area contributed by atoms with Crippen LogP contribution >= 0.6 is 0 Å². The second kappa shape index (κ2) is 12.3. The first-order chi connectivity index (χ1) is 20.1. The second-order valence-electron chi connectivity index (χ2n) is 9.57. The zero-order valence-corrected chi connectivity index (χ0v) is 24.1. The number of aryl methyl sites for hydroxylation is 1. The lowest BCUT2D eigenvalue weighted by molar-refractivity contribution is -0.242. The number of sulfone groups is 2. The number of fused-ring (bicyclic) bond motifs is 3. The standard InChI is InChI=1S/C17H8F10O4S2.C10H15N/c18-14(19,20)16(24,25)32(28,29)12-6-5-10-9-4-2-1-3-8(9)7-11(10)13(12)33(30,31)17(26,27)15(21,22)23;1-2-3-4-7-10-8-5-6-9-11-10/h1-6H,7H2;5-6,8-9H,2-4,7H2,1H3. The van der Waals surface area contributed by atoms with Crippen molar-refractivity contribution in [1.82, 2.24) is 4.98 Å². The lowest BCUT2D eigenvalue weighted by Gasteiger charge is -2.25. The van der Waals surface area contributed by atoms with Crippen LogP contribution in [0.2, 0.25) is 0 Å². The number of hydrogen-bond donors (Lipinski definition) is 0. The minimum Gasteiger partial charge on any atom is -0.261 e. The van der Waals surface area contributed by atoms with Gasteiger partial charge in [0.25, 0.3) is 19.7 Å². The van der Waals surface area contributed by atoms with Crippen LogP contribution in [-0.4, -0.2) is 44.7 Å². The summed E-state index contributed by atoms with van der Waals surface area (Å²) in [5.41, 5.74) is -0.168. The molecule has 0 amide bonds. The minimum atomic E-state index is -7.20. The predicted molar refractivity (Wildman–Crippen MR) is 139 cm³/mol. The summed E-state index contributed by atoms with van der Waals surface area (Å²) in [7, 11) is -14.4. The largest absolute Gasteiger partial charge is 0.469 e. The molecule has 1 heterocycles. The van der Waals surface area contributed by atoms with Gasteiger partial charge in [-0.15, -0.1) is 0 Å². The number of nitrogens with zero attached hydrogens (tertiary/aromatic N) is 1. The van der Waals surface area contributed by atoms with Gasteiger partial charge >= 0.3 is 22.9 Å². The van der Waals surface area contributed by atoms with Crippen LogP contribution in [0.15, 0.2) is 70.6 Å². The van der Waals surface area contributed by atoms with Crippen molar-refractivity contribution < 1.29 is 60.7 Å². The molecule has 0 unspecified atom stereocenters. The summed E-state index contributed by atoms with van der Waals surface area (Å²) in [6.07, 6.45) is -7.66. The van der Waals surface area contributed by atoms with Crippen molar-refractivity contribution in [2.45, 2.75) is 71.7 Å². The van der Waals surface area contributed by atoms with Gasteiger partial charge in [0.05, 0.1) is 9.79 Å². The molecule has 1 aromatic heterocycles. The maximum Gasteiger partial charge on any atom is 0.469 e. The van der Waals surface area contributed by atoms with E-state index < -0.39 is 69.9 Å². The third-order valence-corrected chi connectivity index (χ3v) is 10.4. The van der Waals surface area contributed by atoms with Crippen molar-refractivity contribution in [2.75, 3.05) is 0 Å². The Kier molecular flexibility index (Phi) is 9.85. The van der Waals surface area contributed by atoms with E-state index in [9.17, 15) is 60.7 Å². The molecule has 0 atom stereocenters. The SMILES string of the molecule is CCCCCc1ccccn1.O=S(=O)(c1ccc2c(c1S(=O)(=O)C(F)(F)C(F)(F)F)Cc1ccccc1-2)C(F)(F)C(F)(F)F. The van der Waals surface area contributed by atoms with Crippen molar-refractivity contribution in [1.29, 1.82) is 0 Å². The van der Waals surface area contributed by atoms with Gasteiger partial charge in [-0.05, 0) is 53.3 Å². The van der Waals surface area contributed by atoms with Gasteiger partial charge in [0.1, 0.15) is 0 Å². The molecule has 3 aromatic rings. The van der Waals surface area contributed by atoms with Crippen LogP contribution in [0.4, 0.5) is 43.9 Å². The Morgan fingerprint density at radius 1 is 0.682 bits per heavy atom. The monoisotopic (exact) mass is 679 g/mol. The summed E-state index contributed by atoms with van der Waals surface area (Å²) >= 11 is 0. The van der Waals surface area contributed by atoms with Crippen LogP contribution in [0, 0.1) is 0 Å². The highest BCUT2D eigenvalue weighted by molar-refractivity contribution is 7.95. The van der Waals surface area contributed by atoms with Crippen LogP contribution in [0.1, 0.15) is 43.0 Å². The fourth-order valence-electron chi connectivity index (χ4n) is 4.34. The number of pyridine rings is 1. The van der Waals surface area contributed by atoms with Crippen LogP contribution in [0.5, 0.6) is 0 Å². The maximum atomic E-state index is 14.0. The summed E-state index contributed by atoms with van der Waals surface area (Å²) in [5, 5.41) is -13.4. The van der Waals surface area contributed by atoms with Gasteiger partial charge in [-0.2, -0.15) is 43.9 Å². The van der Waals surface area contributed by atoms with E-state index in [1.807, 2.05) is 18.3 Å². The summed E-state index contributed by atoms with van der Waals surface area (Å²) in [5.74, 6) is 0. The van der Waals surface area contributed by atoms with Crippen molar-refractivity contribution in [2.24, 2.45) is 0 Å². The lowest BCUT2D eigenvalue weighted by atomic mass is 10.1. The van der Waals surface area contributed by atoms with Crippen LogP contribution < -0.4 is 0 Å². The Balaban J connectivity index is 0.000000404. The first-order valence-corrected chi connectivity index (χ1v) is 15.6. The van der Waals surface area contributed by atoms with Gasteiger partial charge in [0, 0.05) is 18.3 Å². The van der Waals surface area contributed by atoms with E-state index in [2.05, 4.69) is 18.0 Å². The summed E-state index contributed by atoms with van der Waals surface area (Å²) in [6, 6.07) is 11.6. The molecule has 17 heteroatoms. The molecule has 0 spiro atoms. The fourth-order valence-corrected chi connectivity index (χ4v) is 7.60. The van der Waals surface area contributed by atoms with Gasteiger partial charge < -0.3 is 0 Å². The Bertz CT molecular complexity index is 1700. The highest BCUT2D eigenvalue weighted by atomic mass is 32.2. The number of halogens is 10. The molecule has 0 bridgehead atoms. The predicted octanol–water partition coefficient (Wildman–Crippen LogP) is 7.93. The molecule has 0 saturated carbocycles. The molecule has 44 heavy (non-hydrogen) atoms. The molecule has 5 nitrogen and oxygen atoms in total. The molecule has 0 fully saturated rings. The van der Waals surface area contributed by atoms with Crippen molar-refractivity contribution in [3.63, 3.8) is 0 Å². The zero-order valence-electron chi connectivity index (χ0n) is 22.5. The molecule has 0 aliphatic heterocycles. The van der Waals surface area contributed by atoms with Gasteiger partial charge in [-0.3, -0.25) is 4.98 Å². The molecule has 0 radical (unpaired) electrons. The normalized spacial score (nSPS) is 14.0. The highest BCUT2D eigenvalue weighted by Gasteiger charge is 2.71. The van der Waals surface area contributed by atoms with E-state index in [1.54, 1.807) is 0 Å². The summed E-state index contributed by atoms with van der Waals surface area (Å²) in [6.45, 7) is 2.22. The van der Waals surface area contributed by atoms with E-state index in [0.29, 0.717) is 6.07 Å². The average molecular weight is 680 g/mol. The molecule has 242 valence electrons. The molecule has 4 rings (SSSR count). The Labute approximate surface area is 245 Å². The second-order valence-corrected chi connectivity index (χ2v) is 13.5. The first kappa shape index (κ1) is 35.3. The van der Waals surface area contributed by atoms with Crippen molar-refractivity contribution in [3.05, 3.63) is 77.6 Å². The summed E-state index contributed by atoms with van der Waals surface area (Å²) < 4.78 is 181. The molecule has 1 aliphatic carbocycles. The molecule has 1 aliphatic rings. The third kappa shape index (κ3) is 6.30. The minimum absolute atomic E-state index is 0.0332. The molecule has 0 saturated heterocycles. The van der Waals surface area contributed by atoms with Gasteiger partial charge in [-0.1, -0.05) is 56.2 Å². The quantitative estimate of drug-likeness (QED) is 0.140. The number of alkyl halides is 10. The van der Waals surface area contributed by atoms with Crippen LogP contribution in [0.25, 0.3) is 11.1 Å². The number of unbranched alkanes of at least 4 members (excludes halogenated alkanes) is 2. The van der Waals surface area contributed by atoms with Crippen molar-refractivity contribution >= 4 is 19.7 Å². The zero-order chi connectivity index (χ0) is 33.4. The lowest BCUT2D eigenvalue weighted by Crippen LogP contribution is -2.47. The highest BCUT2D eigenvalue weighted by Crippen LogP contribution is 2.52. The van der Waals surface area contributed by atoms with Gasteiger partial charge in [0.15, 0.2) is 0 Å². The van der Waals surface area contributed by atoms with E-state index in [1.165, 1.54) is 49.2 Å². The smallest absolute Gasteiger partial charge is 0.261 e. The van der Waals surface area contributed by atoms with E-state index in [0.717, 1.165) is 6.42 Å². The van der Waals surface area contributed by atoms with E-state index >= 15 is 0 Å². The van der Waals surface area contributed by atoms with Crippen LogP contribution in [0.3, 0.4) is 0 Å². The molecule has 0 N–H and O–H groups in total. The Hall–Kier alpha value is -3.21. The van der Waals surface area contributed by atoms with Gasteiger partial charge in [-0.25, -0.2) is 16.8 Å². The first-order valence-electron chi connectivity index (χ1n) is 12.6. The van der Waals surface area contributed by atoms with Crippen molar-refractivity contribution in [3.8, 4) is 11.1 Å². The fraction of sp³-hybridized carbons (Fsp3) is 0.370. The molecular formula is C27H23F10NO4S2. The molecular weight excluding hydrogens is 656 g/mol. The summed E-state index contributed by atoms with van der Waals surface area (Å²) in [4.78, 5) is -0.747. The topological polar surface area (TPSA) is 81.2 Å². The Morgan fingerprint density at radius 2 is 1.25 bits per heavy atom. The number of hydrogen-bond acceptors (Lipinski definition) is 5. The number of rotatable bonds is 8.